The fourth-order valence-corrected chi connectivity index (χ4v) is 6.72. The molecule has 0 atom stereocenters. The highest BCUT2D eigenvalue weighted by Gasteiger charge is 2.27. The van der Waals surface area contributed by atoms with Gasteiger partial charge in [0, 0.05) is 10.9 Å². The zero-order valence-corrected chi connectivity index (χ0v) is 19.5. The fraction of sp³-hybridized carbons (Fsp3) is 0.480. The van der Waals surface area contributed by atoms with Crippen LogP contribution in [-0.4, -0.2) is 24.4 Å². The van der Waals surface area contributed by atoms with Crippen LogP contribution in [0.25, 0.3) is 22.0 Å². The van der Waals surface area contributed by atoms with Gasteiger partial charge in [-0.25, -0.2) is 13.4 Å². The van der Waals surface area contributed by atoms with E-state index in [-0.39, 0.29) is 5.25 Å². The van der Waals surface area contributed by atoms with Crippen molar-refractivity contribution in [3.8, 4) is 11.3 Å². The first kappa shape index (κ1) is 21.5. The van der Waals surface area contributed by atoms with E-state index in [9.17, 15) is 8.42 Å². The fourth-order valence-electron chi connectivity index (χ4n) is 4.53. The average Bonchev–Trinajstić information content (AvgIpc) is 3.21. The predicted octanol–water partition coefficient (Wildman–Crippen LogP) is 6.53. The summed E-state index contributed by atoms with van der Waals surface area (Å²) in [6, 6.07) is 14.9. The van der Waals surface area contributed by atoms with E-state index in [2.05, 4.69) is 47.8 Å². The zero-order valence-electron chi connectivity index (χ0n) is 17.9. The second-order valence-corrected chi connectivity index (χ2v) is 12.5. The Morgan fingerprint density at radius 3 is 2.47 bits per heavy atom. The number of hydrogen-bond donors (Lipinski definition) is 0. The van der Waals surface area contributed by atoms with Crippen molar-refractivity contribution in [2.24, 2.45) is 11.8 Å². The predicted molar refractivity (Wildman–Crippen MR) is 128 cm³/mol. The monoisotopic (exact) mass is 441 g/mol. The lowest BCUT2D eigenvalue weighted by molar-refractivity contribution is 0.278. The van der Waals surface area contributed by atoms with E-state index < -0.39 is 9.84 Å². The number of fused-ring (bicyclic) bond motifs is 1. The number of aromatic nitrogens is 1. The quantitative estimate of drug-likeness (QED) is 0.419. The molecular formula is C25H31NO2S2. The first-order chi connectivity index (χ1) is 14.4. The molecule has 1 aromatic heterocycles. The molecule has 0 radical (unpaired) electrons. The molecule has 0 amide bonds. The highest BCUT2D eigenvalue weighted by Crippen LogP contribution is 2.34. The van der Waals surface area contributed by atoms with Crippen LogP contribution in [0.5, 0.6) is 0 Å². The van der Waals surface area contributed by atoms with E-state index in [1.165, 1.54) is 21.3 Å². The van der Waals surface area contributed by atoms with Crippen molar-refractivity contribution in [3.05, 3.63) is 52.9 Å². The summed E-state index contributed by atoms with van der Waals surface area (Å²) >= 11 is 1.76. The van der Waals surface area contributed by atoms with E-state index >= 15 is 0 Å². The van der Waals surface area contributed by atoms with E-state index in [0.717, 1.165) is 44.2 Å². The van der Waals surface area contributed by atoms with E-state index in [1.54, 1.807) is 25.2 Å². The van der Waals surface area contributed by atoms with Crippen LogP contribution in [0, 0.1) is 11.8 Å². The topological polar surface area (TPSA) is 47.0 Å². The minimum Gasteiger partial charge on any atom is -0.241 e. The molecule has 0 spiro atoms. The number of rotatable bonds is 7. The molecule has 5 heteroatoms. The first-order valence-corrected chi connectivity index (χ1v) is 13.7. The van der Waals surface area contributed by atoms with Gasteiger partial charge in [0.2, 0.25) is 0 Å². The summed E-state index contributed by atoms with van der Waals surface area (Å²) in [6.07, 6.45) is 6.59. The molecule has 2 aromatic carbocycles. The second-order valence-electron chi connectivity index (χ2n) is 8.96. The molecule has 0 N–H and O–H groups in total. The lowest BCUT2D eigenvalue weighted by Crippen LogP contribution is -2.26. The maximum Gasteiger partial charge on any atom is 0.152 e. The summed E-state index contributed by atoms with van der Waals surface area (Å²) in [5.74, 6) is 1.43. The summed E-state index contributed by atoms with van der Waals surface area (Å²) in [5.41, 5.74) is 2.29. The van der Waals surface area contributed by atoms with Crippen LogP contribution in [-0.2, 0) is 16.3 Å². The number of thiazole rings is 1. The Labute approximate surface area is 184 Å². The molecule has 0 unspecified atom stereocenters. The number of nitrogens with zero attached hydrogens (tertiary/aromatic N) is 1. The van der Waals surface area contributed by atoms with Gasteiger partial charge in [-0.3, -0.25) is 0 Å². The van der Waals surface area contributed by atoms with Crippen molar-refractivity contribution in [2.75, 3.05) is 5.75 Å². The standard InChI is InChI=1S/C25H31NO2S2/c1-18(2)30(27,28)17-20-12-10-19(11-13-20)14-15-25-26-24(16-29-25)23-9-5-7-21-6-3-4-8-22(21)23/h3-9,16,18-20H,10-15,17H2,1-2H3. The van der Waals surface area contributed by atoms with Crippen LogP contribution in [0.3, 0.4) is 0 Å². The van der Waals surface area contributed by atoms with Gasteiger partial charge in [0.1, 0.15) is 0 Å². The van der Waals surface area contributed by atoms with Crippen LogP contribution >= 0.6 is 11.3 Å². The van der Waals surface area contributed by atoms with Crippen molar-refractivity contribution in [1.82, 2.24) is 4.98 Å². The van der Waals surface area contributed by atoms with Crippen LogP contribution in [0.1, 0.15) is 51.0 Å². The molecule has 1 saturated carbocycles. The molecule has 0 aliphatic heterocycles. The smallest absolute Gasteiger partial charge is 0.152 e. The van der Waals surface area contributed by atoms with Gasteiger partial charge in [-0.15, -0.1) is 11.3 Å². The van der Waals surface area contributed by atoms with Crippen LogP contribution in [0.4, 0.5) is 0 Å². The Balaban J connectivity index is 1.33. The van der Waals surface area contributed by atoms with Gasteiger partial charge < -0.3 is 0 Å². The zero-order chi connectivity index (χ0) is 21.1. The van der Waals surface area contributed by atoms with Crippen molar-refractivity contribution >= 4 is 31.9 Å². The average molecular weight is 442 g/mol. The summed E-state index contributed by atoms with van der Waals surface area (Å²) < 4.78 is 24.4. The highest BCUT2D eigenvalue weighted by atomic mass is 32.2. The molecular weight excluding hydrogens is 410 g/mol. The molecule has 1 heterocycles. The SMILES string of the molecule is CC(C)S(=O)(=O)CC1CCC(CCc2nc(-c3cccc4ccccc34)cs2)CC1. The van der Waals surface area contributed by atoms with Crippen LogP contribution < -0.4 is 0 Å². The van der Waals surface area contributed by atoms with Crippen molar-refractivity contribution < 1.29 is 8.42 Å². The molecule has 0 saturated heterocycles. The molecule has 1 aliphatic rings. The summed E-state index contributed by atoms with van der Waals surface area (Å²) in [7, 11) is -2.92. The Morgan fingerprint density at radius 2 is 1.70 bits per heavy atom. The minimum atomic E-state index is -2.92. The molecule has 30 heavy (non-hydrogen) atoms. The molecule has 1 fully saturated rings. The number of aryl methyl sites for hydroxylation is 1. The van der Waals surface area contributed by atoms with Gasteiger partial charge in [-0.2, -0.15) is 0 Å². The molecule has 3 nitrogen and oxygen atoms in total. The highest BCUT2D eigenvalue weighted by molar-refractivity contribution is 7.91. The Hall–Kier alpha value is -1.72. The van der Waals surface area contributed by atoms with Gasteiger partial charge in [-0.05, 0) is 62.1 Å². The lowest BCUT2D eigenvalue weighted by Gasteiger charge is -2.28. The number of sulfone groups is 1. The van der Waals surface area contributed by atoms with E-state index in [1.807, 2.05) is 0 Å². The molecule has 0 bridgehead atoms. The van der Waals surface area contributed by atoms with Gasteiger partial charge in [-0.1, -0.05) is 55.3 Å². The Kier molecular flexibility index (Phi) is 6.59. The summed E-state index contributed by atoms with van der Waals surface area (Å²) in [6.45, 7) is 3.59. The third kappa shape index (κ3) is 4.94. The Bertz CT molecular complexity index is 1090. The normalized spacial score (nSPS) is 20.1. The summed E-state index contributed by atoms with van der Waals surface area (Å²) in [5, 5.41) is 5.65. The van der Waals surface area contributed by atoms with Crippen molar-refractivity contribution in [2.45, 2.75) is 57.6 Å². The molecule has 1 aliphatic carbocycles. The van der Waals surface area contributed by atoms with Crippen molar-refractivity contribution in [3.63, 3.8) is 0 Å². The minimum absolute atomic E-state index is 0.254. The first-order valence-electron chi connectivity index (χ1n) is 11.1. The number of hydrogen-bond acceptors (Lipinski definition) is 4. The van der Waals surface area contributed by atoms with Gasteiger partial charge in [0.05, 0.1) is 21.7 Å². The third-order valence-electron chi connectivity index (χ3n) is 6.54. The third-order valence-corrected chi connectivity index (χ3v) is 9.82. The molecule has 160 valence electrons. The van der Waals surface area contributed by atoms with Crippen LogP contribution in [0.2, 0.25) is 0 Å². The van der Waals surface area contributed by atoms with Gasteiger partial charge in [0.25, 0.3) is 0 Å². The summed E-state index contributed by atoms with van der Waals surface area (Å²) in [4.78, 5) is 4.94. The Morgan fingerprint density at radius 1 is 1.00 bits per heavy atom. The lowest BCUT2D eigenvalue weighted by atomic mass is 9.81. The second kappa shape index (κ2) is 9.19. The molecule has 3 aromatic rings. The maximum atomic E-state index is 12.2. The maximum absolute atomic E-state index is 12.2. The largest absolute Gasteiger partial charge is 0.241 e. The molecule has 4 rings (SSSR count). The van der Waals surface area contributed by atoms with E-state index in [4.69, 9.17) is 4.98 Å². The van der Waals surface area contributed by atoms with Gasteiger partial charge in [0.15, 0.2) is 9.84 Å². The van der Waals surface area contributed by atoms with Gasteiger partial charge >= 0.3 is 0 Å². The van der Waals surface area contributed by atoms with E-state index in [0.29, 0.717) is 17.6 Å². The number of benzene rings is 2. The van der Waals surface area contributed by atoms with Crippen LogP contribution in [0.15, 0.2) is 47.8 Å². The van der Waals surface area contributed by atoms with Crippen molar-refractivity contribution in [1.29, 1.82) is 0 Å².